The molecule has 3 fully saturated rings. The lowest BCUT2D eigenvalue weighted by Gasteiger charge is -2.49. The van der Waals surface area contributed by atoms with Gasteiger partial charge in [0.15, 0.2) is 9.84 Å². The van der Waals surface area contributed by atoms with E-state index >= 15 is 0 Å². The van der Waals surface area contributed by atoms with E-state index in [1.165, 1.54) is 50.6 Å². The summed E-state index contributed by atoms with van der Waals surface area (Å²) in [6, 6.07) is 4.49. The number of ether oxygens (including phenoxy) is 2. The molecule has 0 radical (unpaired) electrons. The minimum atomic E-state index is -3.49. The second kappa shape index (κ2) is 10.6. The van der Waals surface area contributed by atoms with Crippen LogP contribution in [-0.4, -0.2) is 67.5 Å². The third-order valence-corrected chi connectivity index (χ3v) is 8.87. The standard InChI is InChI=1S/C26H35FN4O4S/c1-17-25(30-24-9-8-22(12-23(24)27)36(2,32)33)28-16-29-26(17)35-21-10-19-14-34-15-20(11-21)31(19)13-18-6-4-3-5-7-18/h8-9,12,16,18-21H,3-7,10-11,13-15H2,1-2H3,(H,28,29,30)/t19-,20+,21?. The lowest BCUT2D eigenvalue weighted by atomic mass is 9.85. The molecule has 10 heteroatoms. The molecule has 196 valence electrons. The van der Waals surface area contributed by atoms with Crippen LogP contribution in [0.2, 0.25) is 0 Å². The number of fused-ring (bicyclic) bond motifs is 2. The van der Waals surface area contributed by atoms with Gasteiger partial charge in [-0.25, -0.2) is 22.8 Å². The van der Waals surface area contributed by atoms with Gasteiger partial charge in [-0.15, -0.1) is 0 Å². The number of nitrogens with zero attached hydrogens (tertiary/aromatic N) is 3. The van der Waals surface area contributed by atoms with Crippen LogP contribution in [0.4, 0.5) is 15.9 Å². The van der Waals surface area contributed by atoms with Gasteiger partial charge in [0.25, 0.3) is 0 Å². The maximum atomic E-state index is 14.6. The number of hydrogen-bond donors (Lipinski definition) is 1. The smallest absolute Gasteiger partial charge is 0.221 e. The Labute approximate surface area is 212 Å². The maximum absolute atomic E-state index is 14.6. The summed E-state index contributed by atoms with van der Waals surface area (Å²) in [5, 5.41) is 2.96. The molecule has 0 amide bonds. The molecule has 2 saturated heterocycles. The summed E-state index contributed by atoms with van der Waals surface area (Å²) < 4.78 is 50.3. The van der Waals surface area contributed by atoms with Crippen LogP contribution in [0.25, 0.3) is 0 Å². The van der Waals surface area contributed by atoms with Crippen molar-refractivity contribution in [3.63, 3.8) is 0 Å². The predicted molar refractivity (Wildman–Crippen MR) is 135 cm³/mol. The molecule has 1 N–H and O–H groups in total. The summed E-state index contributed by atoms with van der Waals surface area (Å²) in [5.74, 6) is 1.02. The lowest BCUT2D eigenvalue weighted by Crippen LogP contribution is -2.60. The first kappa shape index (κ1) is 25.4. The first-order valence-electron chi connectivity index (χ1n) is 12.9. The zero-order valence-corrected chi connectivity index (χ0v) is 21.8. The molecule has 3 atom stereocenters. The van der Waals surface area contributed by atoms with E-state index in [1.54, 1.807) is 0 Å². The summed E-state index contributed by atoms with van der Waals surface area (Å²) in [6.45, 7) is 4.47. The third kappa shape index (κ3) is 5.65. The van der Waals surface area contributed by atoms with Gasteiger partial charge in [0, 0.05) is 37.7 Å². The third-order valence-electron chi connectivity index (χ3n) is 7.76. The summed E-state index contributed by atoms with van der Waals surface area (Å²) in [4.78, 5) is 11.2. The number of benzene rings is 1. The molecule has 5 rings (SSSR count). The van der Waals surface area contributed by atoms with Crippen LogP contribution in [0.15, 0.2) is 29.4 Å². The zero-order chi connectivity index (χ0) is 25.3. The minimum Gasteiger partial charge on any atom is -0.474 e. The van der Waals surface area contributed by atoms with Crippen molar-refractivity contribution < 1.29 is 22.3 Å². The van der Waals surface area contributed by atoms with Gasteiger partial charge in [0.05, 0.1) is 29.4 Å². The number of sulfone groups is 1. The molecular weight excluding hydrogens is 483 g/mol. The van der Waals surface area contributed by atoms with Gasteiger partial charge in [-0.2, -0.15) is 0 Å². The van der Waals surface area contributed by atoms with Gasteiger partial charge in [-0.1, -0.05) is 19.3 Å². The fourth-order valence-corrected chi connectivity index (χ4v) is 6.43. The summed E-state index contributed by atoms with van der Waals surface area (Å²) in [5.41, 5.74) is 0.813. The van der Waals surface area contributed by atoms with Gasteiger partial charge in [-0.05, 0) is 43.9 Å². The second-order valence-corrected chi connectivity index (χ2v) is 12.5. The molecule has 1 aromatic heterocycles. The van der Waals surface area contributed by atoms with E-state index in [0.717, 1.165) is 50.8 Å². The highest BCUT2D eigenvalue weighted by atomic mass is 32.2. The van der Waals surface area contributed by atoms with Gasteiger partial charge < -0.3 is 14.8 Å². The van der Waals surface area contributed by atoms with Crippen LogP contribution in [-0.2, 0) is 14.6 Å². The van der Waals surface area contributed by atoms with Crippen molar-refractivity contribution >= 4 is 21.3 Å². The van der Waals surface area contributed by atoms with Crippen LogP contribution >= 0.6 is 0 Å². The van der Waals surface area contributed by atoms with E-state index in [0.29, 0.717) is 29.3 Å². The molecule has 1 unspecified atom stereocenters. The Morgan fingerprint density at radius 1 is 1.14 bits per heavy atom. The second-order valence-electron chi connectivity index (χ2n) is 10.4. The molecule has 2 aromatic rings. The predicted octanol–water partition coefficient (Wildman–Crippen LogP) is 4.26. The van der Waals surface area contributed by atoms with E-state index in [9.17, 15) is 12.8 Å². The zero-order valence-electron chi connectivity index (χ0n) is 21.0. The monoisotopic (exact) mass is 518 g/mol. The van der Waals surface area contributed by atoms with Crippen molar-refractivity contribution in [1.29, 1.82) is 0 Å². The van der Waals surface area contributed by atoms with E-state index < -0.39 is 15.7 Å². The highest BCUT2D eigenvalue weighted by Gasteiger charge is 2.41. The lowest BCUT2D eigenvalue weighted by molar-refractivity contribution is -0.106. The Morgan fingerprint density at radius 2 is 1.86 bits per heavy atom. The minimum absolute atomic E-state index is 0.0266. The Bertz CT molecular complexity index is 1170. The molecule has 8 nitrogen and oxygen atoms in total. The first-order chi connectivity index (χ1) is 17.3. The van der Waals surface area contributed by atoms with E-state index in [1.807, 2.05) is 6.92 Å². The van der Waals surface area contributed by atoms with Crippen LogP contribution in [0.1, 0.15) is 50.5 Å². The molecule has 3 heterocycles. The Balaban J connectivity index is 1.26. The molecule has 0 spiro atoms. The number of anilines is 2. The van der Waals surface area contributed by atoms with E-state index in [2.05, 4.69) is 20.2 Å². The highest BCUT2D eigenvalue weighted by Crippen LogP contribution is 2.35. The summed E-state index contributed by atoms with van der Waals surface area (Å²) in [6.07, 6.45) is 11.0. The average molecular weight is 519 g/mol. The fourth-order valence-electron chi connectivity index (χ4n) is 5.79. The van der Waals surface area contributed by atoms with Gasteiger partial charge >= 0.3 is 0 Å². The fraction of sp³-hybridized carbons (Fsp3) is 0.615. The quantitative estimate of drug-likeness (QED) is 0.581. The number of piperidine rings is 1. The van der Waals surface area contributed by atoms with E-state index in [-0.39, 0.29) is 16.7 Å². The Kier molecular flexibility index (Phi) is 7.46. The van der Waals surface area contributed by atoms with Crippen molar-refractivity contribution in [1.82, 2.24) is 14.9 Å². The van der Waals surface area contributed by atoms with Crippen molar-refractivity contribution in [3.8, 4) is 5.88 Å². The van der Waals surface area contributed by atoms with Crippen LogP contribution in [0.3, 0.4) is 0 Å². The van der Waals surface area contributed by atoms with Gasteiger partial charge in [0.2, 0.25) is 5.88 Å². The molecule has 3 aliphatic rings. The molecule has 1 aromatic carbocycles. The van der Waals surface area contributed by atoms with Crippen molar-refractivity contribution in [2.24, 2.45) is 5.92 Å². The molecule has 36 heavy (non-hydrogen) atoms. The number of halogens is 1. The van der Waals surface area contributed by atoms with Gasteiger partial charge in [-0.3, -0.25) is 4.90 Å². The normalized spacial score (nSPS) is 25.5. The Hall–Kier alpha value is -2.30. The molecular formula is C26H35FN4O4S. The molecule has 2 bridgehead atoms. The van der Waals surface area contributed by atoms with Crippen molar-refractivity contribution in [2.45, 2.75) is 75.0 Å². The van der Waals surface area contributed by atoms with Crippen LogP contribution < -0.4 is 10.1 Å². The first-order valence-corrected chi connectivity index (χ1v) is 14.8. The highest BCUT2D eigenvalue weighted by molar-refractivity contribution is 7.90. The molecule has 1 saturated carbocycles. The largest absolute Gasteiger partial charge is 0.474 e. The maximum Gasteiger partial charge on any atom is 0.221 e. The van der Waals surface area contributed by atoms with Crippen molar-refractivity contribution in [3.05, 3.63) is 35.9 Å². The van der Waals surface area contributed by atoms with Crippen LogP contribution in [0.5, 0.6) is 5.88 Å². The van der Waals surface area contributed by atoms with E-state index in [4.69, 9.17) is 9.47 Å². The average Bonchev–Trinajstić information content (AvgIpc) is 2.83. The number of hydrogen-bond acceptors (Lipinski definition) is 8. The number of morpholine rings is 1. The number of aromatic nitrogens is 2. The topological polar surface area (TPSA) is 93.7 Å². The Morgan fingerprint density at radius 3 is 2.53 bits per heavy atom. The van der Waals surface area contributed by atoms with Crippen molar-refractivity contribution in [2.75, 3.05) is 31.3 Å². The number of nitrogens with one attached hydrogen (secondary N) is 1. The molecule has 2 aliphatic heterocycles. The number of rotatable bonds is 7. The summed E-state index contributed by atoms with van der Waals surface area (Å²) >= 11 is 0. The van der Waals surface area contributed by atoms with Gasteiger partial charge in [0.1, 0.15) is 24.1 Å². The van der Waals surface area contributed by atoms with Crippen LogP contribution in [0, 0.1) is 18.7 Å². The SMILES string of the molecule is Cc1c(Nc2ccc(S(C)(=O)=O)cc2F)ncnc1OC1C[C@H]2COC[C@@H](C1)N2CC1CCCCC1. The molecule has 1 aliphatic carbocycles. The summed E-state index contributed by atoms with van der Waals surface area (Å²) in [7, 11) is -3.49.